The van der Waals surface area contributed by atoms with Crippen molar-refractivity contribution in [3.8, 4) is 23.0 Å². The van der Waals surface area contributed by atoms with Gasteiger partial charge < -0.3 is 18.9 Å². The lowest BCUT2D eigenvalue weighted by Crippen LogP contribution is -2.34. The molecule has 4 aromatic carbocycles. The number of rotatable bonds is 15. The molecular weight excluding hydrogens is 816 g/mol. The summed E-state index contributed by atoms with van der Waals surface area (Å²) in [7, 11) is 6.33. The smallest absolute Gasteiger partial charge is 0.278 e. The highest BCUT2D eigenvalue weighted by atomic mass is 79.9. The van der Waals surface area contributed by atoms with Crippen LogP contribution in [0.1, 0.15) is 47.9 Å². The Bertz CT molecular complexity index is 1990. The summed E-state index contributed by atoms with van der Waals surface area (Å²) in [6.45, 7) is 1.01. The fourth-order valence-corrected chi connectivity index (χ4v) is 6.78. The molecule has 0 saturated heterocycles. The number of amides is 2. The summed E-state index contributed by atoms with van der Waals surface area (Å²) in [4.78, 5) is 40.7. The van der Waals surface area contributed by atoms with Crippen molar-refractivity contribution in [2.75, 3.05) is 41.5 Å². The number of carbonyl (C=O) groups is 2. The zero-order valence-electron chi connectivity index (χ0n) is 30.5. The molecule has 10 nitrogen and oxygen atoms in total. The molecule has 0 bridgehead atoms. The molecular formula is C42H40Br2N4O6. The molecule has 0 fully saturated rings. The molecule has 2 aliphatic rings. The van der Waals surface area contributed by atoms with Crippen LogP contribution in [0.3, 0.4) is 0 Å². The number of ether oxygens (including phenoxy) is 4. The fraction of sp³-hybridized carbons (Fsp3) is 0.238. The van der Waals surface area contributed by atoms with E-state index >= 15 is 0 Å². The summed E-state index contributed by atoms with van der Waals surface area (Å²) >= 11 is 7.01. The van der Waals surface area contributed by atoms with Crippen LogP contribution in [-0.2, 0) is 9.59 Å². The first-order chi connectivity index (χ1) is 26.2. The van der Waals surface area contributed by atoms with Crippen LogP contribution >= 0.6 is 31.9 Å². The SMILES string of the molecule is COc1ccc(/C=C2\N=C(c3ccc(Br)cc3)N(CCCCCCN3C(=O)/C(=C\c4ccc(OC)c(OC)c4)N=C3c3ccc(Br)cc3)C2=O)cc1OC. The molecule has 6 rings (SSSR count). The molecule has 2 heterocycles. The monoisotopic (exact) mass is 854 g/mol. The van der Waals surface area contributed by atoms with Crippen molar-refractivity contribution in [1.82, 2.24) is 9.80 Å². The molecule has 0 radical (unpaired) electrons. The summed E-state index contributed by atoms with van der Waals surface area (Å²) in [5.74, 6) is 3.27. The van der Waals surface area contributed by atoms with Gasteiger partial charge in [-0.3, -0.25) is 19.4 Å². The van der Waals surface area contributed by atoms with Gasteiger partial charge in [-0.1, -0.05) is 81.1 Å². The van der Waals surface area contributed by atoms with Gasteiger partial charge in [-0.25, -0.2) is 9.98 Å². The molecule has 2 aliphatic heterocycles. The average Bonchev–Trinajstić information content (AvgIpc) is 3.67. The molecule has 278 valence electrons. The lowest BCUT2D eigenvalue weighted by Gasteiger charge is -2.20. The number of hydrogen-bond donors (Lipinski definition) is 0. The normalized spacial score (nSPS) is 15.6. The lowest BCUT2D eigenvalue weighted by atomic mass is 10.1. The second-order valence-corrected chi connectivity index (χ2v) is 14.3. The van der Waals surface area contributed by atoms with E-state index < -0.39 is 0 Å². The predicted octanol–water partition coefficient (Wildman–Crippen LogP) is 8.77. The number of nitrogens with zero attached hydrogens (tertiary/aromatic N) is 4. The Labute approximate surface area is 332 Å². The molecule has 12 heteroatoms. The van der Waals surface area contributed by atoms with Crippen LogP contribution in [0.5, 0.6) is 23.0 Å². The molecule has 0 saturated carbocycles. The third-order valence-corrected chi connectivity index (χ3v) is 10.1. The standard InChI is InChI=1S/C42H40Br2N4O6/c1-51-35-19-9-27(25-37(35)53-3)23-33-41(49)47(39(45-33)29-11-15-31(43)16-12-29)21-7-5-6-8-22-48-40(30-13-17-32(44)18-14-30)46-34(42(48)50)24-28-10-20-36(52-2)38(26-28)54-4/h9-20,23-26H,5-8,21-22H2,1-4H3/b33-23-,34-24+. The third kappa shape index (κ3) is 8.77. The van der Waals surface area contributed by atoms with E-state index in [1.165, 1.54) is 0 Å². The molecule has 0 N–H and O–H groups in total. The Morgan fingerprint density at radius 1 is 0.519 bits per heavy atom. The average molecular weight is 857 g/mol. The van der Waals surface area contributed by atoms with E-state index in [1.807, 2.05) is 72.8 Å². The molecule has 0 atom stereocenters. The van der Waals surface area contributed by atoms with Crippen molar-refractivity contribution in [3.63, 3.8) is 0 Å². The van der Waals surface area contributed by atoms with Gasteiger partial charge in [0.2, 0.25) is 0 Å². The van der Waals surface area contributed by atoms with Gasteiger partial charge in [0.05, 0.1) is 28.4 Å². The second kappa shape index (κ2) is 17.7. The van der Waals surface area contributed by atoms with Gasteiger partial charge >= 0.3 is 0 Å². The van der Waals surface area contributed by atoms with Gasteiger partial charge in [-0.2, -0.15) is 0 Å². The minimum Gasteiger partial charge on any atom is -0.493 e. The third-order valence-electron chi connectivity index (χ3n) is 9.03. The first-order valence-corrected chi connectivity index (χ1v) is 19.0. The van der Waals surface area contributed by atoms with Crippen molar-refractivity contribution in [1.29, 1.82) is 0 Å². The zero-order valence-corrected chi connectivity index (χ0v) is 33.6. The fourth-order valence-electron chi connectivity index (χ4n) is 6.25. The van der Waals surface area contributed by atoms with E-state index in [0.29, 0.717) is 59.2 Å². The Balaban J connectivity index is 1.12. The molecule has 2 amide bonds. The van der Waals surface area contributed by atoms with E-state index in [-0.39, 0.29) is 11.8 Å². The topological polar surface area (TPSA) is 102 Å². The lowest BCUT2D eigenvalue weighted by molar-refractivity contribution is -0.123. The van der Waals surface area contributed by atoms with Crippen molar-refractivity contribution >= 4 is 67.5 Å². The van der Waals surface area contributed by atoms with Crippen molar-refractivity contribution < 1.29 is 28.5 Å². The van der Waals surface area contributed by atoms with Crippen LogP contribution in [0.15, 0.2) is 115 Å². The van der Waals surface area contributed by atoms with E-state index in [0.717, 1.165) is 56.9 Å². The first-order valence-electron chi connectivity index (χ1n) is 17.4. The highest BCUT2D eigenvalue weighted by Gasteiger charge is 2.32. The Hall–Kier alpha value is -5.20. The minimum absolute atomic E-state index is 0.158. The van der Waals surface area contributed by atoms with E-state index in [4.69, 9.17) is 28.9 Å². The predicted molar refractivity (Wildman–Crippen MR) is 218 cm³/mol. The summed E-state index contributed by atoms with van der Waals surface area (Å²) in [5, 5.41) is 0. The van der Waals surface area contributed by atoms with E-state index in [1.54, 1.807) is 62.5 Å². The van der Waals surface area contributed by atoms with Crippen LogP contribution in [-0.4, -0.2) is 74.8 Å². The molecule has 0 unspecified atom stereocenters. The summed E-state index contributed by atoms with van der Waals surface area (Å²) in [6.07, 6.45) is 6.78. The maximum absolute atomic E-state index is 13.8. The number of hydrogen-bond acceptors (Lipinski definition) is 8. The molecule has 54 heavy (non-hydrogen) atoms. The number of amidine groups is 2. The highest BCUT2D eigenvalue weighted by Crippen LogP contribution is 2.32. The Morgan fingerprint density at radius 3 is 1.24 bits per heavy atom. The summed E-state index contributed by atoms with van der Waals surface area (Å²) < 4.78 is 23.5. The first kappa shape index (κ1) is 38.5. The highest BCUT2D eigenvalue weighted by molar-refractivity contribution is 9.10. The van der Waals surface area contributed by atoms with Crippen LogP contribution in [0.4, 0.5) is 0 Å². The molecule has 0 spiro atoms. The van der Waals surface area contributed by atoms with E-state index in [9.17, 15) is 9.59 Å². The van der Waals surface area contributed by atoms with Gasteiger partial charge in [-0.05, 0) is 84.7 Å². The maximum Gasteiger partial charge on any atom is 0.278 e. The van der Waals surface area contributed by atoms with Crippen LogP contribution in [0, 0.1) is 0 Å². The molecule has 0 aliphatic carbocycles. The Kier molecular flexibility index (Phi) is 12.7. The number of carbonyl (C=O) groups excluding carboxylic acids is 2. The van der Waals surface area contributed by atoms with Crippen LogP contribution < -0.4 is 18.9 Å². The number of aliphatic imine (C=N–C) groups is 2. The van der Waals surface area contributed by atoms with E-state index in [2.05, 4.69) is 31.9 Å². The van der Waals surface area contributed by atoms with Gasteiger partial charge in [0.25, 0.3) is 11.8 Å². The van der Waals surface area contributed by atoms with Gasteiger partial charge in [0, 0.05) is 33.2 Å². The summed E-state index contributed by atoms with van der Waals surface area (Å²) in [5.41, 5.74) is 3.97. The Morgan fingerprint density at radius 2 is 0.889 bits per heavy atom. The van der Waals surface area contributed by atoms with Crippen molar-refractivity contribution in [2.24, 2.45) is 9.98 Å². The minimum atomic E-state index is -0.158. The van der Waals surface area contributed by atoms with Crippen molar-refractivity contribution in [2.45, 2.75) is 25.7 Å². The second-order valence-electron chi connectivity index (χ2n) is 12.5. The van der Waals surface area contributed by atoms with Gasteiger partial charge in [0.1, 0.15) is 23.1 Å². The van der Waals surface area contributed by atoms with Crippen LogP contribution in [0.25, 0.3) is 12.2 Å². The molecule has 4 aromatic rings. The maximum atomic E-state index is 13.8. The number of unbranched alkanes of at least 4 members (excludes halogenated alkanes) is 3. The quantitative estimate of drug-likeness (QED) is 0.0876. The van der Waals surface area contributed by atoms with Gasteiger partial charge in [0.15, 0.2) is 23.0 Å². The number of halogens is 2. The zero-order chi connectivity index (χ0) is 38.2. The number of benzene rings is 4. The van der Waals surface area contributed by atoms with Gasteiger partial charge in [-0.15, -0.1) is 0 Å². The number of methoxy groups -OCH3 is 4. The summed E-state index contributed by atoms with van der Waals surface area (Å²) in [6, 6.07) is 26.6. The van der Waals surface area contributed by atoms with Crippen molar-refractivity contribution in [3.05, 3.63) is 128 Å². The molecule has 0 aromatic heterocycles. The van der Waals surface area contributed by atoms with Crippen LogP contribution in [0.2, 0.25) is 0 Å². The largest absolute Gasteiger partial charge is 0.493 e.